The van der Waals surface area contributed by atoms with Crippen LogP contribution >= 0.6 is 0 Å². The van der Waals surface area contributed by atoms with Crippen molar-refractivity contribution in [3.63, 3.8) is 0 Å². The molecular weight excluding hydrogens is 416 g/mol. The van der Waals surface area contributed by atoms with Crippen LogP contribution in [0.5, 0.6) is 0 Å². The quantitative estimate of drug-likeness (QED) is 0.382. The third kappa shape index (κ3) is 12.5. The Morgan fingerprint density at radius 3 is 2.11 bits per heavy atom. The maximum atomic E-state index is 4.85. The van der Waals surface area contributed by atoms with Crippen LogP contribution in [0.15, 0.2) is 6.08 Å². The van der Waals surface area contributed by atoms with Crippen LogP contribution in [-0.4, -0.2) is 13.2 Å². The molecule has 9 heavy (non-hydrogen) atoms. The second-order valence-corrected chi connectivity index (χ2v) is 1.33. The zero-order chi connectivity index (χ0) is 5.70. The zero-order valence-electron chi connectivity index (χ0n) is 6.15. The van der Waals surface area contributed by atoms with Crippen molar-refractivity contribution in [3.8, 4) is 0 Å². The van der Waals surface area contributed by atoms with Crippen LogP contribution in [0.3, 0.4) is 0 Å². The standard InChI is InChI=1S/C6H11O.Hg.HI/c1-4-5-6(2)7-3;;/h4,6H,1-3H3;;1H/q;+1;/p-1/t6-;;/m1../s1. The van der Waals surface area contributed by atoms with Gasteiger partial charge < -0.3 is 28.7 Å². The van der Waals surface area contributed by atoms with Crippen LogP contribution in [0.1, 0.15) is 13.8 Å². The van der Waals surface area contributed by atoms with Crippen molar-refractivity contribution in [2.45, 2.75) is 20.0 Å². The smallest absolute Gasteiger partial charge is 1.00 e. The summed E-state index contributed by atoms with van der Waals surface area (Å²) >= 11 is 0. The van der Waals surface area contributed by atoms with Crippen molar-refractivity contribution < 1.29 is 56.4 Å². The monoisotopic (exact) mass is 428 g/mol. The van der Waals surface area contributed by atoms with Crippen LogP contribution in [0.4, 0.5) is 0 Å². The Morgan fingerprint density at radius 1 is 1.56 bits per heavy atom. The van der Waals surface area contributed by atoms with Gasteiger partial charge in [-0.05, 0) is 19.9 Å². The minimum Gasteiger partial charge on any atom is -1.00 e. The summed E-state index contributed by atoms with van der Waals surface area (Å²) in [4.78, 5) is 0. The molecule has 0 aromatic rings. The fourth-order valence-corrected chi connectivity index (χ4v) is 0.303. The second-order valence-electron chi connectivity index (χ2n) is 1.33. The van der Waals surface area contributed by atoms with Gasteiger partial charge >= 0.3 is 27.7 Å². The SMILES string of the molecule is CC=[C][C@@H](C)OC.[Hg+].[I-]. The molecule has 0 unspecified atom stereocenters. The molecule has 1 atom stereocenters. The molecule has 50 valence electrons. The number of hydrogen-bond acceptors (Lipinski definition) is 1. The third-order valence-electron chi connectivity index (χ3n) is 0.755. The average molecular weight is 427 g/mol. The molecule has 0 aliphatic rings. The Hall–Kier alpha value is 1.37. The third-order valence-corrected chi connectivity index (χ3v) is 0.755. The fourth-order valence-electron chi connectivity index (χ4n) is 0.303. The van der Waals surface area contributed by atoms with Gasteiger partial charge in [0.2, 0.25) is 0 Å². The molecule has 0 aliphatic heterocycles. The molecular formula is C6H11HgIO. The summed E-state index contributed by atoms with van der Waals surface area (Å²) < 4.78 is 4.85. The first kappa shape index (κ1) is 16.8. The van der Waals surface area contributed by atoms with E-state index >= 15 is 0 Å². The average Bonchev–Trinajstić information content (AvgIpc) is 1.68. The summed E-state index contributed by atoms with van der Waals surface area (Å²) in [5.41, 5.74) is 0. The molecule has 0 N–H and O–H groups in total. The van der Waals surface area contributed by atoms with Gasteiger partial charge in [0.15, 0.2) is 0 Å². The van der Waals surface area contributed by atoms with Gasteiger partial charge in [0, 0.05) is 7.11 Å². The molecule has 0 amide bonds. The van der Waals surface area contributed by atoms with E-state index in [0.29, 0.717) is 0 Å². The second kappa shape index (κ2) is 12.1. The molecule has 0 aliphatic carbocycles. The van der Waals surface area contributed by atoms with Gasteiger partial charge in [-0.15, -0.1) is 0 Å². The van der Waals surface area contributed by atoms with E-state index in [9.17, 15) is 0 Å². The first-order valence-electron chi connectivity index (χ1n) is 2.38. The Balaban J connectivity index is -0.000000180. The molecule has 3 heteroatoms. The van der Waals surface area contributed by atoms with Crippen molar-refractivity contribution >= 4 is 0 Å². The van der Waals surface area contributed by atoms with Gasteiger partial charge in [0.1, 0.15) is 0 Å². The van der Waals surface area contributed by atoms with Gasteiger partial charge in [-0.25, -0.2) is 0 Å². The molecule has 0 aromatic carbocycles. The number of allylic oxidation sites excluding steroid dienone is 1. The summed E-state index contributed by atoms with van der Waals surface area (Å²) in [6.45, 7) is 3.87. The predicted molar refractivity (Wildman–Crippen MR) is 30.0 cm³/mol. The first-order valence-corrected chi connectivity index (χ1v) is 2.38. The summed E-state index contributed by atoms with van der Waals surface area (Å²) in [5, 5.41) is 0. The molecule has 0 aromatic heterocycles. The maximum Gasteiger partial charge on any atom is 1.00 e. The predicted octanol–water partition coefficient (Wildman–Crippen LogP) is -1.60. The van der Waals surface area contributed by atoms with Gasteiger partial charge in [-0.1, -0.05) is 6.08 Å². The van der Waals surface area contributed by atoms with E-state index in [0.717, 1.165) is 0 Å². The van der Waals surface area contributed by atoms with Crippen LogP contribution in [0.25, 0.3) is 0 Å². The molecule has 0 spiro atoms. The minimum absolute atomic E-state index is 0. The summed E-state index contributed by atoms with van der Waals surface area (Å²) in [5.74, 6) is 0. The van der Waals surface area contributed by atoms with E-state index in [1.165, 1.54) is 0 Å². The number of hydrogen-bond donors (Lipinski definition) is 0. The Labute approximate surface area is 94.8 Å². The molecule has 0 saturated heterocycles. The number of methoxy groups -OCH3 is 1. The first-order chi connectivity index (χ1) is 3.31. The molecule has 0 heterocycles. The van der Waals surface area contributed by atoms with Gasteiger partial charge in [-0.3, -0.25) is 0 Å². The zero-order valence-corrected chi connectivity index (χ0v) is 13.8. The molecule has 0 rings (SSSR count). The largest absolute Gasteiger partial charge is 1.00 e. The van der Waals surface area contributed by atoms with Crippen LogP contribution in [0, 0.1) is 6.08 Å². The van der Waals surface area contributed by atoms with Gasteiger partial charge in [-0.2, -0.15) is 0 Å². The van der Waals surface area contributed by atoms with Crippen LogP contribution in [-0.2, 0) is 32.4 Å². The van der Waals surface area contributed by atoms with Crippen molar-refractivity contribution in [3.05, 3.63) is 12.2 Å². The topological polar surface area (TPSA) is 9.23 Å². The Bertz CT molecular complexity index is 66.1. The normalized spacial score (nSPS) is 11.9. The minimum atomic E-state index is 0. The number of rotatable bonds is 2. The van der Waals surface area contributed by atoms with Crippen molar-refractivity contribution in [2.75, 3.05) is 7.11 Å². The summed E-state index contributed by atoms with van der Waals surface area (Å²) in [6.07, 6.45) is 4.95. The number of ether oxygens (including phenoxy) is 1. The van der Waals surface area contributed by atoms with Crippen LogP contribution in [0.2, 0.25) is 0 Å². The molecule has 1 nitrogen and oxygen atoms in total. The maximum absolute atomic E-state index is 4.85. The van der Waals surface area contributed by atoms with E-state index < -0.39 is 0 Å². The molecule has 0 fully saturated rings. The Kier molecular flexibility index (Phi) is 22.5. The van der Waals surface area contributed by atoms with E-state index in [1.807, 2.05) is 19.9 Å². The van der Waals surface area contributed by atoms with E-state index in [-0.39, 0.29) is 57.7 Å². The van der Waals surface area contributed by atoms with Crippen molar-refractivity contribution in [2.24, 2.45) is 0 Å². The van der Waals surface area contributed by atoms with E-state index in [2.05, 4.69) is 6.08 Å². The van der Waals surface area contributed by atoms with E-state index in [4.69, 9.17) is 4.74 Å². The Morgan fingerprint density at radius 2 is 2.00 bits per heavy atom. The summed E-state index contributed by atoms with van der Waals surface area (Å²) in [7, 11) is 1.67. The fraction of sp³-hybridized carbons (Fsp3) is 0.667. The molecule has 2 radical (unpaired) electrons. The van der Waals surface area contributed by atoms with Crippen molar-refractivity contribution in [1.82, 2.24) is 0 Å². The van der Waals surface area contributed by atoms with Gasteiger partial charge in [0.25, 0.3) is 0 Å². The van der Waals surface area contributed by atoms with Crippen LogP contribution < -0.4 is 24.0 Å². The molecule has 0 bridgehead atoms. The molecule has 0 saturated carbocycles. The number of halogens is 1. The van der Waals surface area contributed by atoms with Crippen molar-refractivity contribution in [1.29, 1.82) is 0 Å². The summed E-state index contributed by atoms with van der Waals surface area (Å²) in [6, 6.07) is 0. The van der Waals surface area contributed by atoms with Gasteiger partial charge in [0.05, 0.1) is 6.10 Å². The van der Waals surface area contributed by atoms with E-state index in [1.54, 1.807) is 7.11 Å².